The number of allylic oxidation sites excluding steroid dienone is 4. The molecule has 0 saturated carbocycles. The highest BCUT2D eigenvalue weighted by atomic mass is 32.2. The predicted molar refractivity (Wildman–Crippen MR) is 136 cm³/mol. The highest BCUT2D eigenvalue weighted by Crippen LogP contribution is 2.19. The lowest BCUT2D eigenvalue weighted by Gasteiger charge is -2.21. The number of rotatable bonds is 12. The monoisotopic (exact) mass is 523 g/mol. The van der Waals surface area contributed by atoms with E-state index in [2.05, 4.69) is 17.0 Å². The van der Waals surface area contributed by atoms with E-state index in [1.165, 1.54) is 49.3 Å². The Bertz CT molecular complexity index is 1150. The van der Waals surface area contributed by atoms with Crippen molar-refractivity contribution in [1.82, 2.24) is 10.3 Å². The highest BCUT2D eigenvalue weighted by molar-refractivity contribution is 7.92. The Labute approximate surface area is 211 Å². The van der Waals surface area contributed by atoms with E-state index < -0.39 is 46.2 Å². The summed E-state index contributed by atoms with van der Waals surface area (Å²) < 4.78 is 42.7. The molecule has 2 N–H and O–H groups in total. The molecule has 0 aliphatic heterocycles. The van der Waals surface area contributed by atoms with Crippen LogP contribution in [0.15, 0.2) is 70.1 Å². The van der Waals surface area contributed by atoms with Gasteiger partial charge in [0.05, 0.1) is 35.2 Å². The van der Waals surface area contributed by atoms with Crippen molar-refractivity contribution in [1.29, 1.82) is 0 Å². The van der Waals surface area contributed by atoms with Crippen LogP contribution in [0, 0.1) is 0 Å². The van der Waals surface area contributed by atoms with E-state index >= 15 is 0 Å². The molecule has 9 nitrogen and oxygen atoms in total. The van der Waals surface area contributed by atoms with Gasteiger partial charge in [0, 0.05) is 7.05 Å². The van der Waals surface area contributed by atoms with Gasteiger partial charge in [-0.2, -0.15) is 5.10 Å². The molecule has 0 spiro atoms. The van der Waals surface area contributed by atoms with Crippen LogP contribution in [0.5, 0.6) is 0 Å². The van der Waals surface area contributed by atoms with Gasteiger partial charge in [0.25, 0.3) is 5.91 Å². The molecule has 0 radical (unpaired) electrons. The van der Waals surface area contributed by atoms with Gasteiger partial charge in [0.15, 0.2) is 15.6 Å². The molecular formula is C25H34FN3O6S. The number of hydrazone groups is 1. The van der Waals surface area contributed by atoms with Crippen LogP contribution >= 0.6 is 0 Å². The molecular weight excluding hydrogens is 489 g/mol. The summed E-state index contributed by atoms with van der Waals surface area (Å²) >= 11 is 0. The molecule has 198 valence electrons. The average molecular weight is 524 g/mol. The van der Waals surface area contributed by atoms with E-state index in [1.807, 2.05) is 0 Å². The first-order chi connectivity index (χ1) is 16.7. The van der Waals surface area contributed by atoms with Crippen molar-refractivity contribution in [3.05, 3.63) is 65.7 Å². The van der Waals surface area contributed by atoms with E-state index in [-0.39, 0.29) is 16.4 Å². The third-order valence-corrected chi connectivity index (χ3v) is 6.50. The Kier molecular flexibility index (Phi) is 11.7. The van der Waals surface area contributed by atoms with E-state index in [1.54, 1.807) is 33.8 Å². The third-order valence-electron chi connectivity index (χ3n) is 4.89. The maximum absolute atomic E-state index is 12.9. The fraction of sp³-hybridized carbons (Fsp3) is 0.400. The first kappa shape index (κ1) is 30.7. The van der Waals surface area contributed by atoms with Gasteiger partial charge in [-0.15, -0.1) is 0 Å². The van der Waals surface area contributed by atoms with E-state index in [0.717, 1.165) is 0 Å². The summed E-state index contributed by atoms with van der Waals surface area (Å²) in [5.74, 6) is -2.61. The number of hydrogen-bond donors (Lipinski definition) is 2. The summed E-state index contributed by atoms with van der Waals surface area (Å²) in [6.45, 7) is 11.3. The molecule has 0 aliphatic carbocycles. The summed E-state index contributed by atoms with van der Waals surface area (Å²) in [6.07, 6.45) is 2.43. The summed E-state index contributed by atoms with van der Waals surface area (Å²) in [7, 11) is -2.40. The molecule has 1 atom stereocenters. The standard InChI is InChI=1S/C25H34FN3O6S/c1-16(2)35-24(31)15-36(33,34)22-12-10-21(11-13-22)23(14-30)27-25(32)20(6)29(7)28-19(5)17(3)8-9-18(4)26/h8-13,16,23,30H,6,14-15H2,1-5,7H3,(H,27,32)/b17-8+,18-9+,28-19+/t23-/m1/s1. The zero-order valence-corrected chi connectivity index (χ0v) is 22.2. The van der Waals surface area contributed by atoms with Crippen molar-refractivity contribution in [2.45, 2.75) is 51.7 Å². The summed E-state index contributed by atoms with van der Waals surface area (Å²) in [4.78, 5) is 24.3. The SMILES string of the molecule is C=C(C(=O)N[C@H](CO)c1ccc(S(=O)(=O)CC(=O)OC(C)C)cc1)N(C)/N=C(C)/C(C)=C/C=C(\C)F. The molecule has 0 aliphatic rings. The quantitative estimate of drug-likeness (QED) is 0.142. The second-order valence-corrected chi connectivity index (χ2v) is 10.3. The maximum Gasteiger partial charge on any atom is 0.321 e. The molecule has 0 saturated heterocycles. The van der Waals surface area contributed by atoms with Crippen molar-refractivity contribution < 1.29 is 32.2 Å². The number of aliphatic hydroxyl groups is 1. The number of amides is 1. The number of carbonyl (C=O) groups is 2. The number of nitrogens with zero attached hydrogens (tertiary/aromatic N) is 2. The molecule has 1 rings (SSSR count). The Hall–Kier alpha value is -3.31. The van der Waals surface area contributed by atoms with Crippen LogP contribution in [0.2, 0.25) is 0 Å². The zero-order chi connectivity index (χ0) is 27.6. The normalized spacial score (nSPS) is 13.9. The highest BCUT2D eigenvalue weighted by Gasteiger charge is 2.23. The van der Waals surface area contributed by atoms with Gasteiger partial charge in [-0.05, 0) is 64.0 Å². The van der Waals surface area contributed by atoms with Crippen LogP contribution < -0.4 is 5.32 Å². The fourth-order valence-electron chi connectivity index (χ4n) is 2.79. The first-order valence-electron chi connectivity index (χ1n) is 11.1. The van der Waals surface area contributed by atoms with Gasteiger partial charge in [-0.1, -0.05) is 24.8 Å². The maximum atomic E-state index is 12.9. The minimum absolute atomic E-state index is 0.0133. The number of esters is 1. The number of carbonyl (C=O) groups excluding carboxylic acids is 2. The molecule has 36 heavy (non-hydrogen) atoms. The molecule has 0 unspecified atom stereocenters. The average Bonchev–Trinajstić information content (AvgIpc) is 2.79. The molecule has 11 heteroatoms. The number of nitrogens with one attached hydrogen (secondary N) is 1. The van der Waals surface area contributed by atoms with Crippen molar-refractivity contribution in [2.75, 3.05) is 19.4 Å². The first-order valence-corrected chi connectivity index (χ1v) is 12.8. The van der Waals surface area contributed by atoms with Gasteiger partial charge in [-0.3, -0.25) is 14.6 Å². The number of ether oxygens (including phenoxy) is 1. The zero-order valence-electron chi connectivity index (χ0n) is 21.4. The van der Waals surface area contributed by atoms with E-state index in [0.29, 0.717) is 16.8 Å². The van der Waals surface area contributed by atoms with Crippen LogP contribution in [-0.2, 0) is 24.2 Å². The molecule has 0 bridgehead atoms. The summed E-state index contributed by atoms with van der Waals surface area (Å²) in [5, 5.41) is 17.9. The number of benzene rings is 1. The Balaban J connectivity index is 2.93. The van der Waals surface area contributed by atoms with Crippen molar-refractivity contribution in [3.8, 4) is 0 Å². The van der Waals surface area contributed by atoms with Gasteiger partial charge in [0.1, 0.15) is 5.70 Å². The molecule has 0 heterocycles. The smallest absolute Gasteiger partial charge is 0.321 e. The third kappa shape index (κ3) is 9.74. The lowest BCUT2D eigenvalue weighted by Crippen LogP contribution is -2.35. The van der Waals surface area contributed by atoms with E-state index in [9.17, 15) is 27.5 Å². The summed E-state index contributed by atoms with van der Waals surface area (Å²) in [6, 6.07) is 4.60. The lowest BCUT2D eigenvalue weighted by molar-refractivity contribution is -0.144. The Morgan fingerprint density at radius 3 is 2.28 bits per heavy atom. The molecule has 1 aromatic rings. The van der Waals surface area contributed by atoms with Gasteiger partial charge in [0.2, 0.25) is 0 Å². The Morgan fingerprint density at radius 2 is 1.78 bits per heavy atom. The van der Waals surface area contributed by atoms with Crippen LogP contribution in [-0.4, -0.2) is 61.6 Å². The number of hydrogen-bond acceptors (Lipinski definition) is 8. The lowest BCUT2D eigenvalue weighted by atomic mass is 10.1. The number of halogens is 1. The second kappa shape index (κ2) is 13.7. The van der Waals surface area contributed by atoms with Gasteiger partial charge in [-0.25, -0.2) is 12.8 Å². The minimum atomic E-state index is -3.92. The largest absolute Gasteiger partial charge is 0.462 e. The minimum Gasteiger partial charge on any atom is -0.462 e. The molecule has 0 fully saturated rings. The van der Waals surface area contributed by atoms with E-state index in [4.69, 9.17) is 4.74 Å². The second-order valence-electron chi connectivity index (χ2n) is 8.33. The number of sulfone groups is 1. The van der Waals surface area contributed by atoms with Crippen LogP contribution in [0.3, 0.4) is 0 Å². The van der Waals surface area contributed by atoms with Crippen molar-refractivity contribution in [2.24, 2.45) is 5.10 Å². The van der Waals surface area contributed by atoms with Crippen LogP contribution in [0.25, 0.3) is 0 Å². The van der Waals surface area contributed by atoms with Gasteiger partial charge >= 0.3 is 5.97 Å². The van der Waals surface area contributed by atoms with Crippen LogP contribution in [0.4, 0.5) is 4.39 Å². The summed E-state index contributed by atoms with van der Waals surface area (Å²) in [5.41, 5.74) is 1.65. The molecule has 0 aromatic heterocycles. The van der Waals surface area contributed by atoms with Crippen molar-refractivity contribution >= 4 is 27.4 Å². The fourth-order valence-corrected chi connectivity index (χ4v) is 3.89. The predicted octanol–water partition coefficient (Wildman–Crippen LogP) is 3.20. The molecule has 1 amide bonds. The number of aliphatic hydroxyl groups excluding tert-OH is 1. The number of likely N-dealkylation sites (N-methyl/N-ethyl adjacent to an activating group) is 1. The topological polar surface area (TPSA) is 125 Å². The van der Waals surface area contributed by atoms with Gasteiger partial charge < -0.3 is 15.2 Å². The Morgan fingerprint density at radius 1 is 1.19 bits per heavy atom. The van der Waals surface area contributed by atoms with Crippen LogP contribution in [0.1, 0.15) is 46.2 Å². The van der Waals surface area contributed by atoms with Crippen molar-refractivity contribution in [3.63, 3.8) is 0 Å². The molecule has 1 aromatic carbocycles.